The summed E-state index contributed by atoms with van der Waals surface area (Å²) in [6.07, 6.45) is 4.18. The standard InChI is InChI=1S/C18H28N2O3S.CH2O2/c1-19(8-10-21)13-15-14-23-11-9-20(15)17(22)18(6-2-3-7-18)16-5-4-12-24-16;2-1-3/h4-5,12,15,21H,2-3,6-11,13-14H2,1H3;1H,(H,2,3). The Balaban J connectivity index is 0.000000817. The monoisotopic (exact) mass is 398 g/mol. The van der Waals surface area contributed by atoms with Crippen LogP contribution in [0, 0.1) is 0 Å². The molecular formula is C19H30N2O5S. The molecular weight excluding hydrogens is 368 g/mol. The van der Waals surface area contributed by atoms with Crippen LogP contribution in [0.5, 0.6) is 0 Å². The molecule has 1 aliphatic heterocycles. The smallest absolute Gasteiger partial charge is 0.290 e. The molecule has 1 aliphatic carbocycles. The van der Waals surface area contributed by atoms with E-state index in [2.05, 4.69) is 27.3 Å². The first-order chi connectivity index (χ1) is 13.1. The number of hydrogen-bond acceptors (Lipinski definition) is 6. The summed E-state index contributed by atoms with van der Waals surface area (Å²) in [6.45, 7) is 3.12. The lowest BCUT2D eigenvalue weighted by atomic mass is 9.82. The third-order valence-corrected chi connectivity index (χ3v) is 6.43. The van der Waals surface area contributed by atoms with Crippen LogP contribution in [0.1, 0.15) is 30.6 Å². The topological polar surface area (TPSA) is 90.3 Å². The van der Waals surface area contributed by atoms with Crippen LogP contribution in [0.15, 0.2) is 17.5 Å². The van der Waals surface area contributed by atoms with Crippen LogP contribution in [0.25, 0.3) is 0 Å². The van der Waals surface area contributed by atoms with Crippen molar-refractivity contribution in [2.45, 2.75) is 37.1 Å². The minimum atomic E-state index is -0.320. The fourth-order valence-electron chi connectivity index (χ4n) is 4.07. The highest BCUT2D eigenvalue weighted by Crippen LogP contribution is 2.45. The van der Waals surface area contributed by atoms with Crippen molar-refractivity contribution in [2.75, 3.05) is 46.5 Å². The van der Waals surface area contributed by atoms with E-state index in [0.717, 1.165) is 32.2 Å². The summed E-state index contributed by atoms with van der Waals surface area (Å²) in [5, 5.41) is 18.1. The Bertz CT molecular complexity index is 575. The van der Waals surface area contributed by atoms with Gasteiger partial charge in [-0.15, -0.1) is 11.3 Å². The van der Waals surface area contributed by atoms with E-state index in [1.165, 1.54) is 4.88 Å². The van der Waals surface area contributed by atoms with E-state index in [-0.39, 0.29) is 30.4 Å². The molecule has 2 N–H and O–H groups in total. The van der Waals surface area contributed by atoms with E-state index in [1.807, 2.05) is 7.05 Å². The van der Waals surface area contributed by atoms with Crippen LogP contribution >= 0.6 is 11.3 Å². The average molecular weight is 399 g/mol. The molecule has 0 aromatic carbocycles. The second-order valence-corrected chi connectivity index (χ2v) is 8.03. The molecule has 1 saturated heterocycles. The zero-order chi connectivity index (χ0) is 19.7. The van der Waals surface area contributed by atoms with E-state index in [1.54, 1.807) is 11.3 Å². The molecule has 0 bridgehead atoms. The highest BCUT2D eigenvalue weighted by atomic mass is 32.1. The molecule has 7 nitrogen and oxygen atoms in total. The molecule has 1 unspecified atom stereocenters. The molecule has 2 heterocycles. The van der Waals surface area contributed by atoms with Gasteiger partial charge in [0.1, 0.15) is 0 Å². The van der Waals surface area contributed by atoms with Gasteiger partial charge in [-0.1, -0.05) is 18.9 Å². The largest absolute Gasteiger partial charge is 0.483 e. The number of aliphatic hydroxyl groups excluding tert-OH is 1. The minimum Gasteiger partial charge on any atom is -0.483 e. The maximum Gasteiger partial charge on any atom is 0.290 e. The first-order valence-electron chi connectivity index (χ1n) is 9.39. The molecule has 152 valence electrons. The summed E-state index contributed by atoms with van der Waals surface area (Å²) in [5.74, 6) is 0.285. The number of hydrogen-bond donors (Lipinski definition) is 2. The van der Waals surface area contributed by atoms with Gasteiger partial charge in [0.25, 0.3) is 6.47 Å². The molecule has 1 saturated carbocycles. The molecule has 2 fully saturated rings. The van der Waals surface area contributed by atoms with E-state index >= 15 is 0 Å². The Morgan fingerprint density at radius 3 is 2.78 bits per heavy atom. The summed E-state index contributed by atoms with van der Waals surface area (Å²) in [6, 6.07) is 4.25. The van der Waals surface area contributed by atoms with Crippen molar-refractivity contribution < 1.29 is 24.5 Å². The minimum absolute atomic E-state index is 0.0697. The summed E-state index contributed by atoms with van der Waals surface area (Å²) >= 11 is 1.71. The van der Waals surface area contributed by atoms with Crippen LogP contribution < -0.4 is 0 Å². The number of rotatable bonds is 6. The van der Waals surface area contributed by atoms with Crippen molar-refractivity contribution in [3.8, 4) is 0 Å². The molecule has 1 aromatic heterocycles. The van der Waals surface area contributed by atoms with Crippen LogP contribution in [0.4, 0.5) is 0 Å². The fourth-order valence-corrected chi connectivity index (χ4v) is 5.04. The zero-order valence-corrected chi connectivity index (χ0v) is 16.7. The number of carbonyl (C=O) groups is 2. The molecule has 2 aliphatic rings. The Hall–Kier alpha value is -1.48. The van der Waals surface area contributed by atoms with Gasteiger partial charge in [-0.3, -0.25) is 9.59 Å². The van der Waals surface area contributed by atoms with Crippen molar-refractivity contribution in [2.24, 2.45) is 0 Å². The van der Waals surface area contributed by atoms with Crippen molar-refractivity contribution in [1.82, 2.24) is 9.80 Å². The highest BCUT2D eigenvalue weighted by molar-refractivity contribution is 7.10. The second kappa shape index (κ2) is 10.8. The van der Waals surface area contributed by atoms with E-state index in [0.29, 0.717) is 26.3 Å². The number of carbonyl (C=O) groups excluding carboxylic acids is 1. The van der Waals surface area contributed by atoms with Gasteiger partial charge in [-0.25, -0.2) is 0 Å². The quantitative estimate of drug-likeness (QED) is 0.705. The molecule has 27 heavy (non-hydrogen) atoms. The Kier molecular flexibility index (Phi) is 8.69. The number of ether oxygens (including phenoxy) is 1. The summed E-state index contributed by atoms with van der Waals surface area (Å²) in [7, 11) is 1.98. The summed E-state index contributed by atoms with van der Waals surface area (Å²) < 4.78 is 5.65. The summed E-state index contributed by atoms with van der Waals surface area (Å²) in [4.78, 5) is 27.3. The van der Waals surface area contributed by atoms with Crippen LogP contribution in [0.2, 0.25) is 0 Å². The van der Waals surface area contributed by atoms with Gasteiger partial charge in [-0.05, 0) is 31.3 Å². The Morgan fingerprint density at radius 1 is 1.48 bits per heavy atom. The van der Waals surface area contributed by atoms with Gasteiger partial charge in [0.15, 0.2) is 0 Å². The molecule has 1 amide bonds. The van der Waals surface area contributed by atoms with Gasteiger partial charge in [0, 0.05) is 24.5 Å². The number of thiophene rings is 1. The SMILES string of the molecule is CN(CCO)CC1COCCN1C(=O)C1(c2cccs2)CCCC1.O=CO. The predicted molar refractivity (Wildman–Crippen MR) is 104 cm³/mol. The first kappa shape index (κ1) is 21.8. The van der Waals surface area contributed by atoms with Gasteiger partial charge in [-0.2, -0.15) is 0 Å². The van der Waals surface area contributed by atoms with Gasteiger partial charge in [0.05, 0.1) is 31.3 Å². The van der Waals surface area contributed by atoms with Crippen molar-refractivity contribution in [3.63, 3.8) is 0 Å². The Morgan fingerprint density at radius 2 is 2.19 bits per heavy atom. The molecule has 8 heteroatoms. The van der Waals surface area contributed by atoms with Crippen molar-refractivity contribution in [3.05, 3.63) is 22.4 Å². The lowest BCUT2D eigenvalue weighted by molar-refractivity contribution is -0.146. The number of amides is 1. The van der Waals surface area contributed by atoms with Crippen molar-refractivity contribution >= 4 is 23.7 Å². The van der Waals surface area contributed by atoms with Gasteiger partial charge >= 0.3 is 0 Å². The lowest BCUT2D eigenvalue weighted by Gasteiger charge is -2.42. The molecule has 1 aromatic rings. The first-order valence-corrected chi connectivity index (χ1v) is 10.3. The van der Waals surface area contributed by atoms with Crippen LogP contribution in [0.3, 0.4) is 0 Å². The van der Waals surface area contributed by atoms with E-state index < -0.39 is 0 Å². The third kappa shape index (κ3) is 5.28. The number of morpholine rings is 1. The van der Waals surface area contributed by atoms with E-state index in [9.17, 15) is 4.79 Å². The Labute approximate surface area is 164 Å². The van der Waals surface area contributed by atoms with Gasteiger partial charge in [0.2, 0.25) is 5.91 Å². The van der Waals surface area contributed by atoms with Crippen LogP contribution in [-0.2, 0) is 19.7 Å². The van der Waals surface area contributed by atoms with E-state index in [4.69, 9.17) is 19.7 Å². The van der Waals surface area contributed by atoms with Crippen molar-refractivity contribution in [1.29, 1.82) is 0 Å². The maximum atomic E-state index is 13.6. The third-order valence-electron chi connectivity index (χ3n) is 5.35. The summed E-state index contributed by atoms with van der Waals surface area (Å²) in [5.41, 5.74) is -0.320. The number of aliphatic hydroxyl groups is 1. The highest BCUT2D eigenvalue weighted by Gasteiger charge is 2.47. The second-order valence-electron chi connectivity index (χ2n) is 7.09. The van der Waals surface area contributed by atoms with Gasteiger partial charge < -0.3 is 24.7 Å². The lowest BCUT2D eigenvalue weighted by Crippen LogP contribution is -2.57. The molecule has 3 rings (SSSR count). The predicted octanol–water partition coefficient (Wildman–Crippen LogP) is 1.41. The number of carboxylic acid groups (broad SMARTS) is 1. The van der Waals surface area contributed by atoms with Crippen LogP contribution in [-0.4, -0.2) is 84.9 Å². The fraction of sp³-hybridized carbons (Fsp3) is 0.684. The molecule has 0 spiro atoms. The zero-order valence-electron chi connectivity index (χ0n) is 15.9. The number of likely N-dealkylation sites (N-methyl/N-ethyl adjacent to an activating group) is 1. The normalized spacial score (nSPS) is 21.6. The number of nitrogens with zero attached hydrogens (tertiary/aromatic N) is 2. The maximum absolute atomic E-state index is 13.6. The average Bonchev–Trinajstić information content (AvgIpc) is 3.35. The molecule has 1 atom stereocenters. The molecule has 0 radical (unpaired) electrons.